The standard InChI is InChI=1S/C11H13NO3S/c1-2-16(13,14)12-8-11(9-12)15-10-6-4-3-5-7-10/h2-7,11H,1,8-9H2. The summed E-state index contributed by atoms with van der Waals surface area (Å²) in [6, 6.07) is 9.37. The zero-order valence-corrected chi connectivity index (χ0v) is 9.56. The van der Waals surface area contributed by atoms with E-state index in [1.165, 1.54) is 4.31 Å². The van der Waals surface area contributed by atoms with Gasteiger partial charge in [-0.05, 0) is 12.1 Å². The molecule has 0 aliphatic carbocycles. The van der Waals surface area contributed by atoms with E-state index in [0.29, 0.717) is 13.1 Å². The molecule has 0 unspecified atom stereocenters. The third-order valence-electron chi connectivity index (χ3n) is 2.43. The molecule has 0 aromatic heterocycles. The number of benzene rings is 1. The maximum atomic E-state index is 11.3. The number of sulfonamides is 1. The molecule has 0 radical (unpaired) electrons. The maximum absolute atomic E-state index is 11.3. The van der Waals surface area contributed by atoms with Gasteiger partial charge >= 0.3 is 0 Å². The van der Waals surface area contributed by atoms with Crippen LogP contribution in [0.3, 0.4) is 0 Å². The summed E-state index contributed by atoms with van der Waals surface area (Å²) in [5.41, 5.74) is 0. The van der Waals surface area contributed by atoms with E-state index in [9.17, 15) is 8.42 Å². The van der Waals surface area contributed by atoms with Gasteiger partial charge in [-0.15, -0.1) is 0 Å². The first kappa shape index (κ1) is 11.2. The minimum atomic E-state index is -3.27. The SMILES string of the molecule is C=CS(=O)(=O)N1CC(Oc2ccccc2)C1. The quantitative estimate of drug-likeness (QED) is 0.793. The van der Waals surface area contributed by atoms with E-state index in [4.69, 9.17) is 4.74 Å². The molecule has 86 valence electrons. The lowest BCUT2D eigenvalue weighted by atomic mass is 10.2. The van der Waals surface area contributed by atoms with Gasteiger partial charge in [-0.1, -0.05) is 24.8 Å². The fourth-order valence-electron chi connectivity index (χ4n) is 1.48. The first-order valence-corrected chi connectivity index (χ1v) is 6.46. The maximum Gasteiger partial charge on any atom is 0.235 e. The normalized spacial score (nSPS) is 17.8. The Morgan fingerprint density at radius 3 is 2.50 bits per heavy atom. The largest absolute Gasteiger partial charge is 0.488 e. The summed E-state index contributed by atoms with van der Waals surface area (Å²) in [6.45, 7) is 4.06. The van der Waals surface area contributed by atoms with Crippen LogP contribution in [0.15, 0.2) is 42.3 Å². The lowest BCUT2D eigenvalue weighted by Crippen LogP contribution is -2.55. The van der Waals surface area contributed by atoms with Crippen molar-refractivity contribution in [2.75, 3.05) is 13.1 Å². The Bertz CT molecular complexity index is 463. The van der Waals surface area contributed by atoms with Crippen LogP contribution >= 0.6 is 0 Å². The fourth-order valence-corrected chi connectivity index (χ4v) is 2.44. The number of hydrogen-bond acceptors (Lipinski definition) is 3. The molecule has 1 aromatic rings. The molecular formula is C11H13NO3S. The minimum absolute atomic E-state index is 0.0582. The lowest BCUT2D eigenvalue weighted by molar-refractivity contribution is 0.0771. The van der Waals surface area contributed by atoms with Crippen molar-refractivity contribution >= 4 is 10.0 Å². The van der Waals surface area contributed by atoms with Gasteiger partial charge in [0.05, 0.1) is 13.1 Å². The second kappa shape index (κ2) is 4.27. The summed E-state index contributed by atoms with van der Waals surface area (Å²) in [5.74, 6) is 0.767. The van der Waals surface area contributed by atoms with Crippen molar-refractivity contribution in [3.63, 3.8) is 0 Å². The number of para-hydroxylation sites is 1. The molecule has 0 atom stereocenters. The Morgan fingerprint density at radius 2 is 1.94 bits per heavy atom. The number of ether oxygens (including phenoxy) is 1. The molecule has 0 N–H and O–H groups in total. The van der Waals surface area contributed by atoms with E-state index in [1.807, 2.05) is 30.3 Å². The van der Waals surface area contributed by atoms with Crippen LogP contribution in [0, 0.1) is 0 Å². The van der Waals surface area contributed by atoms with Crippen molar-refractivity contribution in [3.8, 4) is 5.75 Å². The predicted molar refractivity (Wildman–Crippen MR) is 61.5 cm³/mol. The van der Waals surface area contributed by atoms with Gasteiger partial charge in [0.15, 0.2) is 0 Å². The molecule has 0 amide bonds. The summed E-state index contributed by atoms with van der Waals surface area (Å²) in [7, 11) is -3.27. The van der Waals surface area contributed by atoms with Crippen LogP contribution in [0.4, 0.5) is 0 Å². The molecule has 16 heavy (non-hydrogen) atoms. The Kier molecular flexibility index (Phi) is 2.98. The first-order chi connectivity index (χ1) is 7.62. The summed E-state index contributed by atoms with van der Waals surface area (Å²) in [4.78, 5) is 0. The van der Waals surface area contributed by atoms with Crippen LogP contribution in [-0.4, -0.2) is 31.9 Å². The van der Waals surface area contributed by atoms with E-state index < -0.39 is 10.0 Å². The number of nitrogens with zero attached hydrogens (tertiary/aromatic N) is 1. The van der Waals surface area contributed by atoms with Gasteiger partial charge in [-0.3, -0.25) is 0 Å². The third-order valence-corrected chi connectivity index (χ3v) is 3.87. The fraction of sp³-hybridized carbons (Fsp3) is 0.273. The van der Waals surface area contributed by atoms with Crippen molar-refractivity contribution in [3.05, 3.63) is 42.3 Å². The summed E-state index contributed by atoms with van der Waals surface area (Å²) >= 11 is 0. The summed E-state index contributed by atoms with van der Waals surface area (Å²) in [6.07, 6.45) is -0.0582. The third kappa shape index (κ3) is 2.25. The Morgan fingerprint density at radius 1 is 1.31 bits per heavy atom. The molecule has 4 nitrogen and oxygen atoms in total. The molecule has 1 aliphatic rings. The highest BCUT2D eigenvalue weighted by Crippen LogP contribution is 2.20. The van der Waals surface area contributed by atoms with Crippen LogP contribution in [0.5, 0.6) is 5.75 Å². The van der Waals surface area contributed by atoms with Crippen molar-refractivity contribution in [1.29, 1.82) is 0 Å². The van der Waals surface area contributed by atoms with Crippen LogP contribution in [0.1, 0.15) is 0 Å². The van der Waals surface area contributed by atoms with Crippen molar-refractivity contribution in [2.24, 2.45) is 0 Å². The van der Waals surface area contributed by atoms with Crippen LogP contribution in [0.2, 0.25) is 0 Å². The second-order valence-electron chi connectivity index (χ2n) is 3.58. The molecule has 0 spiro atoms. The zero-order chi connectivity index (χ0) is 11.6. The first-order valence-electron chi connectivity index (χ1n) is 4.96. The monoisotopic (exact) mass is 239 g/mol. The van der Waals surface area contributed by atoms with E-state index in [0.717, 1.165) is 11.2 Å². The lowest BCUT2D eigenvalue weighted by Gasteiger charge is -2.36. The molecule has 5 heteroatoms. The van der Waals surface area contributed by atoms with E-state index >= 15 is 0 Å². The number of hydrogen-bond donors (Lipinski definition) is 0. The topological polar surface area (TPSA) is 46.6 Å². The molecule has 0 saturated carbocycles. The van der Waals surface area contributed by atoms with E-state index in [2.05, 4.69) is 6.58 Å². The van der Waals surface area contributed by atoms with E-state index in [1.54, 1.807) is 0 Å². The van der Waals surface area contributed by atoms with Gasteiger partial charge in [0, 0.05) is 5.41 Å². The zero-order valence-electron chi connectivity index (χ0n) is 8.74. The molecular weight excluding hydrogens is 226 g/mol. The van der Waals surface area contributed by atoms with E-state index in [-0.39, 0.29) is 6.10 Å². The molecule has 1 aliphatic heterocycles. The van der Waals surface area contributed by atoms with Gasteiger partial charge in [0.25, 0.3) is 0 Å². The van der Waals surface area contributed by atoms with Crippen LogP contribution in [-0.2, 0) is 10.0 Å². The van der Waals surface area contributed by atoms with Crippen molar-refractivity contribution in [2.45, 2.75) is 6.10 Å². The highest BCUT2D eigenvalue weighted by Gasteiger charge is 2.35. The number of rotatable bonds is 4. The van der Waals surface area contributed by atoms with Crippen LogP contribution in [0.25, 0.3) is 0 Å². The highest BCUT2D eigenvalue weighted by atomic mass is 32.2. The molecule has 1 fully saturated rings. The molecule has 0 bridgehead atoms. The second-order valence-corrected chi connectivity index (χ2v) is 5.46. The molecule has 2 rings (SSSR count). The van der Waals surface area contributed by atoms with Gasteiger partial charge in [0.1, 0.15) is 11.9 Å². The van der Waals surface area contributed by atoms with Crippen molar-refractivity contribution in [1.82, 2.24) is 4.31 Å². The minimum Gasteiger partial charge on any atom is -0.488 e. The van der Waals surface area contributed by atoms with Gasteiger partial charge < -0.3 is 4.74 Å². The smallest absolute Gasteiger partial charge is 0.235 e. The predicted octanol–water partition coefficient (Wildman–Crippen LogP) is 1.22. The Balaban J connectivity index is 1.88. The Labute approximate surface area is 95.2 Å². The molecule has 1 aromatic carbocycles. The molecule has 1 saturated heterocycles. The summed E-state index contributed by atoms with van der Waals surface area (Å²) in [5, 5.41) is 0.964. The van der Waals surface area contributed by atoms with Gasteiger partial charge in [-0.2, -0.15) is 4.31 Å². The van der Waals surface area contributed by atoms with Crippen molar-refractivity contribution < 1.29 is 13.2 Å². The molecule has 1 heterocycles. The van der Waals surface area contributed by atoms with Crippen LogP contribution < -0.4 is 4.74 Å². The Hall–Kier alpha value is -1.33. The summed E-state index contributed by atoms with van der Waals surface area (Å²) < 4.78 is 29.6. The average Bonchev–Trinajstić information content (AvgIpc) is 2.24. The highest BCUT2D eigenvalue weighted by molar-refractivity contribution is 7.92. The average molecular weight is 239 g/mol. The van der Waals surface area contributed by atoms with Gasteiger partial charge in [-0.25, -0.2) is 8.42 Å². The van der Waals surface area contributed by atoms with Gasteiger partial charge in [0.2, 0.25) is 10.0 Å².